The zero-order valence-electron chi connectivity index (χ0n) is 9.05. The van der Waals surface area contributed by atoms with Crippen molar-refractivity contribution in [1.82, 2.24) is 14.9 Å². The minimum atomic E-state index is 0.783. The van der Waals surface area contributed by atoms with E-state index in [0.29, 0.717) is 0 Å². The predicted molar refractivity (Wildman–Crippen MR) is 66.6 cm³/mol. The standard InChI is InChI=1S/C11H11BrN4/c1-8-14-15-9(2)16(8)13-7-10-3-5-11(12)6-4-10/h3-7H,1-2H3. The van der Waals surface area contributed by atoms with Gasteiger partial charge < -0.3 is 0 Å². The van der Waals surface area contributed by atoms with Gasteiger partial charge >= 0.3 is 0 Å². The lowest BCUT2D eigenvalue weighted by Crippen LogP contribution is -1.96. The predicted octanol–water partition coefficient (Wildman–Crippen LogP) is 2.54. The SMILES string of the molecule is Cc1nnc(C)n1N=Cc1ccc(Br)cc1. The Labute approximate surface area is 102 Å². The Morgan fingerprint density at radius 2 is 1.69 bits per heavy atom. The lowest BCUT2D eigenvalue weighted by molar-refractivity contribution is 0.799. The molecule has 0 N–H and O–H groups in total. The van der Waals surface area contributed by atoms with Crippen LogP contribution >= 0.6 is 15.9 Å². The van der Waals surface area contributed by atoms with Crippen molar-refractivity contribution >= 4 is 22.1 Å². The van der Waals surface area contributed by atoms with Gasteiger partial charge in [0.2, 0.25) is 0 Å². The van der Waals surface area contributed by atoms with Gasteiger partial charge in [-0.05, 0) is 31.5 Å². The Morgan fingerprint density at radius 1 is 1.12 bits per heavy atom. The van der Waals surface area contributed by atoms with Crippen molar-refractivity contribution in [2.24, 2.45) is 5.10 Å². The molecule has 0 aliphatic rings. The maximum Gasteiger partial charge on any atom is 0.151 e. The van der Waals surface area contributed by atoms with Crippen molar-refractivity contribution in [2.75, 3.05) is 0 Å². The summed E-state index contributed by atoms with van der Waals surface area (Å²) in [5.41, 5.74) is 1.04. The topological polar surface area (TPSA) is 43.1 Å². The fourth-order valence-corrected chi connectivity index (χ4v) is 1.57. The number of aryl methyl sites for hydroxylation is 2. The molecule has 0 aliphatic carbocycles. The van der Waals surface area contributed by atoms with Crippen LogP contribution in [-0.2, 0) is 0 Å². The molecule has 5 heteroatoms. The Hall–Kier alpha value is -1.49. The molecule has 16 heavy (non-hydrogen) atoms. The van der Waals surface area contributed by atoms with Gasteiger partial charge in [-0.2, -0.15) is 5.10 Å². The number of rotatable bonds is 2. The molecule has 0 aliphatic heterocycles. The summed E-state index contributed by atoms with van der Waals surface area (Å²) in [6.45, 7) is 3.75. The molecular weight excluding hydrogens is 268 g/mol. The van der Waals surface area contributed by atoms with Gasteiger partial charge in [-0.15, -0.1) is 10.2 Å². The van der Waals surface area contributed by atoms with Crippen LogP contribution in [0.25, 0.3) is 0 Å². The quantitative estimate of drug-likeness (QED) is 0.793. The molecule has 0 saturated heterocycles. The van der Waals surface area contributed by atoms with Crippen LogP contribution in [0.5, 0.6) is 0 Å². The average molecular weight is 279 g/mol. The first-order chi connectivity index (χ1) is 7.66. The molecule has 1 heterocycles. The van der Waals surface area contributed by atoms with Gasteiger partial charge in [0.1, 0.15) is 0 Å². The van der Waals surface area contributed by atoms with E-state index in [9.17, 15) is 0 Å². The van der Waals surface area contributed by atoms with Crippen LogP contribution in [0.2, 0.25) is 0 Å². The first-order valence-electron chi connectivity index (χ1n) is 4.85. The number of hydrogen-bond donors (Lipinski definition) is 0. The molecule has 2 rings (SSSR count). The molecular formula is C11H11BrN4. The molecule has 2 aromatic rings. The van der Waals surface area contributed by atoms with Crippen LogP contribution in [-0.4, -0.2) is 21.1 Å². The van der Waals surface area contributed by atoms with Gasteiger partial charge in [0.25, 0.3) is 0 Å². The summed E-state index contributed by atoms with van der Waals surface area (Å²) in [6.07, 6.45) is 1.79. The van der Waals surface area contributed by atoms with Crippen LogP contribution in [0.4, 0.5) is 0 Å². The molecule has 1 aromatic heterocycles. The monoisotopic (exact) mass is 278 g/mol. The summed E-state index contributed by atoms with van der Waals surface area (Å²) in [5, 5.41) is 12.2. The second-order valence-corrected chi connectivity index (χ2v) is 4.32. The van der Waals surface area contributed by atoms with E-state index < -0.39 is 0 Å². The second-order valence-electron chi connectivity index (χ2n) is 3.40. The summed E-state index contributed by atoms with van der Waals surface area (Å²) in [6, 6.07) is 7.94. The van der Waals surface area contributed by atoms with Crippen LogP contribution in [0, 0.1) is 13.8 Å². The molecule has 0 saturated carbocycles. The van der Waals surface area contributed by atoms with Crippen molar-refractivity contribution in [3.63, 3.8) is 0 Å². The van der Waals surface area contributed by atoms with E-state index in [1.165, 1.54) is 0 Å². The van der Waals surface area contributed by atoms with Gasteiger partial charge in [-0.1, -0.05) is 28.1 Å². The first-order valence-corrected chi connectivity index (χ1v) is 5.64. The van der Waals surface area contributed by atoms with E-state index in [1.54, 1.807) is 10.9 Å². The highest BCUT2D eigenvalue weighted by molar-refractivity contribution is 9.10. The molecule has 0 amide bonds. The normalized spacial score (nSPS) is 11.2. The van der Waals surface area contributed by atoms with Crippen molar-refractivity contribution in [1.29, 1.82) is 0 Å². The number of nitrogens with zero attached hydrogens (tertiary/aromatic N) is 4. The molecule has 0 spiro atoms. The molecule has 0 radical (unpaired) electrons. The molecule has 82 valence electrons. The van der Waals surface area contributed by atoms with Gasteiger partial charge in [0, 0.05) is 4.47 Å². The summed E-state index contributed by atoms with van der Waals surface area (Å²) in [4.78, 5) is 0. The third kappa shape index (κ3) is 2.36. The van der Waals surface area contributed by atoms with Crippen molar-refractivity contribution in [3.8, 4) is 0 Å². The molecule has 4 nitrogen and oxygen atoms in total. The summed E-state index contributed by atoms with van der Waals surface area (Å²) in [7, 11) is 0. The van der Waals surface area contributed by atoms with E-state index >= 15 is 0 Å². The highest BCUT2D eigenvalue weighted by Gasteiger charge is 2.00. The van der Waals surface area contributed by atoms with E-state index in [0.717, 1.165) is 21.7 Å². The summed E-state index contributed by atoms with van der Waals surface area (Å²) in [5.74, 6) is 1.57. The number of aromatic nitrogens is 3. The third-order valence-corrected chi connectivity index (χ3v) is 2.67. The largest absolute Gasteiger partial charge is 0.202 e. The van der Waals surface area contributed by atoms with Crippen molar-refractivity contribution < 1.29 is 0 Å². The number of hydrogen-bond acceptors (Lipinski definition) is 3. The minimum Gasteiger partial charge on any atom is -0.202 e. The summed E-state index contributed by atoms with van der Waals surface area (Å²) < 4.78 is 2.77. The number of benzene rings is 1. The highest BCUT2D eigenvalue weighted by atomic mass is 79.9. The van der Waals surface area contributed by atoms with Crippen molar-refractivity contribution in [2.45, 2.75) is 13.8 Å². The lowest BCUT2D eigenvalue weighted by atomic mass is 10.2. The van der Waals surface area contributed by atoms with Crippen LogP contribution < -0.4 is 0 Å². The molecule has 0 atom stereocenters. The zero-order valence-corrected chi connectivity index (χ0v) is 10.6. The van der Waals surface area contributed by atoms with E-state index in [2.05, 4.69) is 31.2 Å². The Kier molecular flexibility index (Phi) is 3.14. The minimum absolute atomic E-state index is 0.783. The smallest absolute Gasteiger partial charge is 0.151 e. The Balaban J connectivity index is 2.24. The maximum absolute atomic E-state index is 4.32. The average Bonchev–Trinajstić information content (AvgIpc) is 2.59. The number of halogens is 1. The maximum atomic E-state index is 4.32. The van der Waals surface area contributed by atoms with Gasteiger partial charge in [0.15, 0.2) is 11.6 Å². The van der Waals surface area contributed by atoms with E-state index in [-0.39, 0.29) is 0 Å². The highest BCUT2D eigenvalue weighted by Crippen LogP contribution is 2.09. The fourth-order valence-electron chi connectivity index (χ4n) is 1.30. The van der Waals surface area contributed by atoms with Crippen LogP contribution in [0.1, 0.15) is 17.2 Å². The fraction of sp³-hybridized carbons (Fsp3) is 0.182. The zero-order chi connectivity index (χ0) is 11.5. The van der Waals surface area contributed by atoms with Crippen LogP contribution in [0.3, 0.4) is 0 Å². The Bertz CT molecular complexity index is 494. The van der Waals surface area contributed by atoms with Gasteiger partial charge in [-0.25, -0.2) is 4.68 Å². The van der Waals surface area contributed by atoms with E-state index in [1.807, 2.05) is 38.1 Å². The molecule has 1 aromatic carbocycles. The van der Waals surface area contributed by atoms with E-state index in [4.69, 9.17) is 0 Å². The third-order valence-electron chi connectivity index (χ3n) is 2.14. The Morgan fingerprint density at radius 3 is 2.25 bits per heavy atom. The lowest BCUT2D eigenvalue weighted by Gasteiger charge is -1.97. The van der Waals surface area contributed by atoms with Gasteiger partial charge in [-0.3, -0.25) is 0 Å². The molecule has 0 fully saturated rings. The molecule has 0 bridgehead atoms. The van der Waals surface area contributed by atoms with Gasteiger partial charge in [0.05, 0.1) is 6.21 Å². The molecule has 0 unspecified atom stereocenters. The second kappa shape index (κ2) is 4.57. The van der Waals surface area contributed by atoms with Crippen LogP contribution in [0.15, 0.2) is 33.8 Å². The summed E-state index contributed by atoms with van der Waals surface area (Å²) >= 11 is 3.39. The van der Waals surface area contributed by atoms with Crippen molar-refractivity contribution in [3.05, 3.63) is 46.0 Å². The first kappa shape index (κ1) is 11.0.